The van der Waals surface area contributed by atoms with E-state index in [2.05, 4.69) is 15.0 Å². The first-order valence-electron chi connectivity index (χ1n) is 6.75. The lowest BCUT2D eigenvalue weighted by molar-refractivity contribution is 0.102. The molecule has 1 amide bonds. The highest BCUT2D eigenvalue weighted by Crippen LogP contribution is 2.28. The van der Waals surface area contributed by atoms with Crippen molar-refractivity contribution in [3.05, 3.63) is 53.1 Å². The normalized spacial score (nSPS) is 11.4. The van der Waals surface area contributed by atoms with Crippen LogP contribution in [0.25, 0.3) is 10.2 Å². The second-order valence-corrected chi connectivity index (χ2v) is 8.25. The Hall–Kier alpha value is -2.16. The van der Waals surface area contributed by atoms with Gasteiger partial charge in [0.05, 0.1) is 16.5 Å². The van der Waals surface area contributed by atoms with Crippen LogP contribution >= 0.6 is 22.9 Å². The zero-order valence-electron chi connectivity index (χ0n) is 12.4. The average molecular weight is 382 g/mol. The molecule has 0 aliphatic carbocycles. The number of hydrogen-bond donors (Lipinski definition) is 2. The molecule has 0 aliphatic heterocycles. The molecule has 2 aromatic carbocycles. The van der Waals surface area contributed by atoms with Crippen molar-refractivity contribution in [2.45, 2.75) is 0 Å². The number of nitrogens with one attached hydrogen (secondary N) is 2. The minimum atomic E-state index is -3.35. The van der Waals surface area contributed by atoms with Gasteiger partial charge in [-0.15, -0.1) is 0 Å². The monoisotopic (exact) mass is 381 g/mol. The lowest BCUT2D eigenvalue weighted by atomic mass is 10.2. The summed E-state index contributed by atoms with van der Waals surface area (Å²) in [5, 5.41) is 3.80. The van der Waals surface area contributed by atoms with Gasteiger partial charge in [-0.25, -0.2) is 13.4 Å². The fraction of sp³-hybridized carbons (Fsp3) is 0.0667. The van der Waals surface area contributed by atoms with E-state index in [1.165, 1.54) is 35.6 Å². The molecule has 0 spiro atoms. The minimum absolute atomic E-state index is 0.328. The maximum absolute atomic E-state index is 12.2. The summed E-state index contributed by atoms with van der Waals surface area (Å²) in [5.74, 6) is -0.328. The molecule has 9 heteroatoms. The highest BCUT2D eigenvalue weighted by Gasteiger charge is 2.11. The number of anilines is 2. The zero-order chi connectivity index (χ0) is 17.3. The largest absolute Gasteiger partial charge is 0.298 e. The van der Waals surface area contributed by atoms with Gasteiger partial charge < -0.3 is 0 Å². The van der Waals surface area contributed by atoms with Crippen molar-refractivity contribution in [1.29, 1.82) is 0 Å². The van der Waals surface area contributed by atoms with Crippen LogP contribution < -0.4 is 10.0 Å². The molecule has 0 fully saturated rings. The maximum atomic E-state index is 12.2. The average Bonchev–Trinajstić information content (AvgIpc) is 2.87. The summed E-state index contributed by atoms with van der Waals surface area (Å²) in [7, 11) is -3.35. The quantitative estimate of drug-likeness (QED) is 0.723. The van der Waals surface area contributed by atoms with Gasteiger partial charge in [0.1, 0.15) is 0 Å². The smallest absolute Gasteiger partial charge is 0.257 e. The summed E-state index contributed by atoms with van der Waals surface area (Å²) >= 11 is 7.26. The summed E-state index contributed by atoms with van der Waals surface area (Å²) < 4.78 is 25.5. The first-order chi connectivity index (χ1) is 11.3. The van der Waals surface area contributed by atoms with Crippen LogP contribution in [-0.4, -0.2) is 25.6 Å². The van der Waals surface area contributed by atoms with Crippen LogP contribution in [0, 0.1) is 0 Å². The Kier molecular flexibility index (Phi) is 4.44. The van der Waals surface area contributed by atoms with E-state index in [1.807, 2.05) is 0 Å². The molecule has 124 valence electrons. The van der Waals surface area contributed by atoms with E-state index in [-0.39, 0.29) is 5.91 Å². The molecule has 1 heterocycles. The number of carbonyl (C=O) groups excluding carboxylic acids is 1. The Balaban J connectivity index is 1.76. The van der Waals surface area contributed by atoms with Gasteiger partial charge in [-0.2, -0.15) is 0 Å². The predicted molar refractivity (Wildman–Crippen MR) is 97.5 cm³/mol. The first kappa shape index (κ1) is 16.7. The van der Waals surface area contributed by atoms with E-state index in [4.69, 9.17) is 11.6 Å². The summed E-state index contributed by atoms with van der Waals surface area (Å²) in [6.45, 7) is 0. The van der Waals surface area contributed by atoms with Crippen LogP contribution in [0.1, 0.15) is 10.4 Å². The molecule has 2 N–H and O–H groups in total. The van der Waals surface area contributed by atoms with Crippen LogP contribution in [-0.2, 0) is 10.0 Å². The van der Waals surface area contributed by atoms with E-state index in [1.54, 1.807) is 18.2 Å². The van der Waals surface area contributed by atoms with E-state index in [9.17, 15) is 13.2 Å². The Morgan fingerprint density at radius 1 is 1.17 bits per heavy atom. The number of nitrogens with zero attached hydrogens (tertiary/aromatic N) is 1. The van der Waals surface area contributed by atoms with E-state index >= 15 is 0 Å². The highest BCUT2D eigenvalue weighted by molar-refractivity contribution is 7.92. The van der Waals surface area contributed by atoms with Crippen molar-refractivity contribution in [1.82, 2.24) is 4.98 Å². The molecule has 0 saturated carbocycles. The van der Waals surface area contributed by atoms with Crippen molar-refractivity contribution in [2.75, 3.05) is 16.3 Å². The number of halogens is 1. The third-order valence-electron chi connectivity index (χ3n) is 3.02. The number of benzene rings is 2. The summed E-state index contributed by atoms with van der Waals surface area (Å²) in [6.07, 6.45) is 1.06. The minimum Gasteiger partial charge on any atom is -0.298 e. The zero-order valence-corrected chi connectivity index (χ0v) is 14.8. The number of hydrogen-bond acceptors (Lipinski definition) is 5. The first-order valence-corrected chi connectivity index (χ1v) is 9.84. The number of carbonyl (C=O) groups is 1. The van der Waals surface area contributed by atoms with Gasteiger partial charge in [0.25, 0.3) is 5.91 Å². The van der Waals surface area contributed by atoms with Crippen LogP contribution in [0.4, 0.5) is 10.8 Å². The van der Waals surface area contributed by atoms with Crippen molar-refractivity contribution < 1.29 is 13.2 Å². The molecule has 0 unspecified atom stereocenters. The third-order valence-corrected chi connectivity index (χ3v) is 4.80. The summed E-state index contributed by atoms with van der Waals surface area (Å²) in [5.41, 5.74) is 1.54. The Bertz CT molecular complexity index is 1010. The molecular weight excluding hydrogens is 370 g/mol. The van der Waals surface area contributed by atoms with Gasteiger partial charge in [0.15, 0.2) is 5.13 Å². The Morgan fingerprint density at radius 2 is 1.88 bits per heavy atom. The maximum Gasteiger partial charge on any atom is 0.257 e. The fourth-order valence-corrected chi connectivity index (χ4v) is 3.73. The fourth-order valence-electron chi connectivity index (χ4n) is 2.02. The molecule has 3 rings (SSSR count). The number of rotatable bonds is 4. The lowest BCUT2D eigenvalue weighted by Gasteiger charge is -2.05. The molecule has 0 radical (unpaired) electrons. The molecule has 0 bridgehead atoms. The van der Waals surface area contributed by atoms with Crippen LogP contribution in [0.3, 0.4) is 0 Å². The second-order valence-electron chi connectivity index (χ2n) is 5.04. The number of thiazole rings is 1. The highest BCUT2D eigenvalue weighted by atomic mass is 35.5. The van der Waals surface area contributed by atoms with Gasteiger partial charge in [-0.3, -0.25) is 14.8 Å². The van der Waals surface area contributed by atoms with Crippen LogP contribution in [0.15, 0.2) is 42.5 Å². The van der Waals surface area contributed by atoms with E-state index in [0.717, 1.165) is 16.5 Å². The van der Waals surface area contributed by atoms with Gasteiger partial charge >= 0.3 is 0 Å². The SMILES string of the molecule is CS(=O)(=O)Nc1ccc(C(=O)Nc2nc3ccc(Cl)cc3s2)cc1. The van der Waals surface area contributed by atoms with Crippen molar-refractivity contribution in [3.63, 3.8) is 0 Å². The van der Waals surface area contributed by atoms with Crippen LogP contribution in [0.2, 0.25) is 5.02 Å². The van der Waals surface area contributed by atoms with Crippen LogP contribution in [0.5, 0.6) is 0 Å². The van der Waals surface area contributed by atoms with Gasteiger partial charge in [0.2, 0.25) is 10.0 Å². The third kappa shape index (κ3) is 4.02. The van der Waals surface area contributed by atoms with Gasteiger partial charge in [-0.05, 0) is 42.5 Å². The number of fused-ring (bicyclic) bond motifs is 1. The molecule has 0 saturated heterocycles. The van der Waals surface area contributed by atoms with E-state index < -0.39 is 10.0 Å². The Labute approximate surface area is 147 Å². The molecule has 6 nitrogen and oxygen atoms in total. The summed E-state index contributed by atoms with van der Waals surface area (Å²) in [4.78, 5) is 16.6. The molecule has 1 aromatic heterocycles. The second kappa shape index (κ2) is 6.39. The van der Waals surface area contributed by atoms with Gasteiger partial charge in [-0.1, -0.05) is 22.9 Å². The van der Waals surface area contributed by atoms with E-state index in [0.29, 0.717) is 21.4 Å². The summed E-state index contributed by atoms with van der Waals surface area (Å²) in [6, 6.07) is 11.4. The van der Waals surface area contributed by atoms with Crippen molar-refractivity contribution in [3.8, 4) is 0 Å². The molecule has 24 heavy (non-hydrogen) atoms. The number of amides is 1. The standard InChI is InChI=1S/C15H12ClN3O3S2/c1-24(21,22)19-11-5-2-9(3-6-11)14(20)18-15-17-12-7-4-10(16)8-13(12)23-15/h2-8,19H,1H3,(H,17,18,20). The van der Waals surface area contributed by atoms with Crippen molar-refractivity contribution >= 4 is 59.9 Å². The number of aromatic nitrogens is 1. The topological polar surface area (TPSA) is 88.2 Å². The molecule has 3 aromatic rings. The molecule has 0 atom stereocenters. The lowest BCUT2D eigenvalue weighted by Crippen LogP contribution is -2.12. The Morgan fingerprint density at radius 3 is 2.54 bits per heavy atom. The molecular formula is C15H12ClN3O3S2. The molecule has 0 aliphatic rings. The number of sulfonamides is 1. The predicted octanol–water partition coefficient (Wildman–Crippen LogP) is 3.57. The van der Waals surface area contributed by atoms with Gasteiger partial charge in [0, 0.05) is 16.3 Å². The van der Waals surface area contributed by atoms with Crippen molar-refractivity contribution in [2.24, 2.45) is 0 Å².